The quantitative estimate of drug-likeness (QED) is 0.683. The summed E-state index contributed by atoms with van der Waals surface area (Å²) in [7, 11) is 0. The van der Waals surface area contributed by atoms with Crippen LogP contribution in [0, 0.1) is 6.92 Å². The molecule has 1 heterocycles. The van der Waals surface area contributed by atoms with E-state index < -0.39 is 11.7 Å². The second kappa shape index (κ2) is 7.94. The first-order valence-electron chi connectivity index (χ1n) is 8.48. The Hall–Kier alpha value is -1.99. The predicted octanol–water partition coefficient (Wildman–Crippen LogP) is 5.19. The molecule has 0 radical (unpaired) electrons. The van der Waals surface area contributed by atoms with Crippen LogP contribution in [0.3, 0.4) is 0 Å². The average Bonchev–Trinajstić information content (AvgIpc) is 2.64. The molecule has 27 heavy (non-hydrogen) atoms. The monoisotopic (exact) mass is 413 g/mol. The van der Waals surface area contributed by atoms with E-state index in [1.807, 2.05) is 34.9 Å². The van der Waals surface area contributed by atoms with Gasteiger partial charge >= 0.3 is 6.18 Å². The van der Waals surface area contributed by atoms with Gasteiger partial charge in [0.25, 0.3) is 0 Å². The number of hydrogen-bond acceptors (Lipinski definition) is 2. The molecule has 1 aliphatic heterocycles. The van der Waals surface area contributed by atoms with Crippen LogP contribution in [0.1, 0.15) is 11.1 Å². The topological polar surface area (TPSA) is 18.5 Å². The largest absolute Gasteiger partial charge is 0.416 e. The van der Waals surface area contributed by atoms with Crippen molar-refractivity contribution in [2.24, 2.45) is 0 Å². The fourth-order valence-corrected chi connectivity index (χ4v) is 3.43. The molecule has 0 atom stereocenters. The second-order valence-corrected chi connectivity index (χ2v) is 7.23. The maximum Gasteiger partial charge on any atom is 0.416 e. The van der Waals surface area contributed by atoms with Gasteiger partial charge in [0.05, 0.1) is 5.56 Å². The number of halogens is 4. The lowest BCUT2D eigenvalue weighted by Crippen LogP contribution is -2.50. The van der Waals surface area contributed by atoms with Gasteiger partial charge in [0.2, 0.25) is 0 Å². The molecule has 144 valence electrons. The Morgan fingerprint density at radius 2 is 1.78 bits per heavy atom. The number of alkyl halides is 3. The molecule has 1 fully saturated rings. The van der Waals surface area contributed by atoms with Crippen LogP contribution in [-0.4, -0.2) is 36.2 Å². The Morgan fingerprint density at radius 1 is 1.07 bits per heavy atom. The summed E-state index contributed by atoms with van der Waals surface area (Å²) in [5.74, 6) is 0. The first-order chi connectivity index (χ1) is 12.7. The normalized spacial score (nSPS) is 15.0. The van der Waals surface area contributed by atoms with E-state index in [4.69, 9.17) is 23.8 Å². The van der Waals surface area contributed by atoms with Crippen LogP contribution in [0.25, 0.3) is 0 Å². The van der Waals surface area contributed by atoms with Gasteiger partial charge in [0, 0.05) is 42.6 Å². The number of nitrogens with zero attached hydrogens (tertiary/aromatic N) is 2. The number of benzene rings is 2. The number of aryl methyl sites for hydroxylation is 1. The van der Waals surface area contributed by atoms with Crippen molar-refractivity contribution in [3.8, 4) is 0 Å². The summed E-state index contributed by atoms with van der Waals surface area (Å²) in [6, 6.07) is 11.0. The lowest BCUT2D eigenvalue weighted by atomic mass is 10.1. The highest BCUT2D eigenvalue weighted by Crippen LogP contribution is 2.32. The van der Waals surface area contributed by atoms with Gasteiger partial charge in [-0.05, 0) is 55.0 Å². The third-order valence-corrected chi connectivity index (χ3v) is 5.14. The van der Waals surface area contributed by atoms with Crippen LogP contribution in [0.5, 0.6) is 0 Å². The van der Waals surface area contributed by atoms with E-state index in [0.29, 0.717) is 42.0 Å². The maximum absolute atomic E-state index is 12.9. The minimum atomic E-state index is -4.34. The summed E-state index contributed by atoms with van der Waals surface area (Å²) in [5, 5.41) is 4.42. The number of anilines is 2. The van der Waals surface area contributed by atoms with E-state index in [1.165, 1.54) is 12.1 Å². The van der Waals surface area contributed by atoms with Gasteiger partial charge in [-0.3, -0.25) is 0 Å². The zero-order valence-corrected chi connectivity index (χ0v) is 16.3. The Morgan fingerprint density at radius 3 is 2.44 bits per heavy atom. The van der Waals surface area contributed by atoms with Crippen molar-refractivity contribution in [2.75, 3.05) is 36.4 Å². The molecule has 1 saturated heterocycles. The van der Waals surface area contributed by atoms with Crippen LogP contribution in [-0.2, 0) is 6.18 Å². The highest BCUT2D eigenvalue weighted by atomic mass is 35.5. The Kier molecular flexibility index (Phi) is 5.81. The summed E-state index contributed by atoms with van der Waals surface area (Å²) in [6.45, 7) is 4.41. The van der Waals surface area contributed by atoms with Crippen LogP contribution >= 0.6 is 23.8 Å². The van der Waals surface area contributed by atoms with E-state index in [1.54, 1.807) is 6.07 Å². The van der Waals surface area contributed by atoms with E-state index >= 15 is 0 Å². The molecule has 0 amide bonds. The molecule has 0 spiro atoms. The molecule has 0 aromatic heterocycles. The lowest BCUT2D eigenvalue weighted by Gasteiger charge is -2.37. The molecule has 1 aliphatic rings. The third kappa shape index (κ3) is 4.84. The number of rotatable bonds is 2. The first kappa shape index (κ1) is 19.8. The molecule has 0 saturated carbocycles. The average molecular weight is 414 g/mol. The Balaban J connectivity index is 1.62. The van der Waals surface area contributed by atoms with Gasteiger partial charge in [-0.25, -0.2) is 0 Å². The van der Waals surface area contributed by atoms with Gasteiger partial charge in [0.15, 0.2) is 5.11 Å². The molecular weight excluding hydrogens is 395 g/mol. The van der Waals surface area contributed by atoms with Crippen molar-refractivity contribution in [3.63, 3.8) is 0 Å². The zero-order valence-electron chi connectivity index (χ0n) is 14.7. The van der Waals surface area contributed by atoms with Crippen LogP contribution in [0.4, 0.5) is 24.5 Å². The Labute approximate surface area is 166 Å². The van der Waals surface area contributed by atoms with Crippen LogP contribution in [0.15, 0.2) is 42.5 Å². The smallest absolute Gasteiger partial charge is 0.368 e. The maximum atomic E-state index is 12.9. The van der Waals surface area contributed by atoms with E-state index in [0.717, 1.165) is 17.3 Å². The number of piperazine rings is 1. The molecule has 0 unspecified atom stereocenters. The van der Waals surface area contributed by atoms with Crippen LogP contribution in [0.2, 0.25) is 5.02 Å². The van der Waals surface area contributed by atoms with Gasteiger partial charge in [-0.2, -0.15) is 13.2 Å². The van der Waals surface area contributed by atoms with Gasteiger partial charge in [-0.15, -0.1) is 0 Å². The van der Waals surface area contributed by atoms with Crippen molar-refractivity contribution >= 4 is 40.3 Å². The highest BCUT2D eigenvalue weighted by Gasteiger charge is 2.31. The molecular formula is C19H19ClF3N3S. The second-order valence-electron chi connectivity index (χ2n) is 6.41. The molecule has 1 N–H and O–H groups in total. The number of nitrogens with one attached hydrogen (secondary N) is 1. The van der Waals surface area contributed by atoms with E-state index in [9.17, 15) is 13.2 Å². The minimum absolute atomic E-state index is 0.578. The molecule has 2 aromatic rings. The molecule has 0 aliphatic carbocycles. The Bertz CT molecular complexity index is 833. The molecule has 0 bridgehead atoms. The van der Waals surface area contributed by atoms with E-state index in [-0.39, 0.29) is 0 Å². The first-order valence-corrected chi connectivity index (χ1v) is 9.27. The summed E-state index contributed by atoms with van der Waals surface area (Å²) < 4.78 is 38.7. The third-order valence-electron chi connectivity index (χ3n) is 4.55. The molecule has 2 aromatic carbocycles. The fraction of sp³-hybridized carbons (Fsp3) is 0.316. The summed E-state index contributed by atoms with van der Waals surface area (Å²) in [4.78, 5) is 3.96. The van der Waals surface area contributed by atoms with Crippen LogP contribution < -0.4 is 10.2 Å². The van der Waals surface area contributed by atoms with Crippen molar-refractivity contribution < 1.29 is 13.2 Å². The molecule has 8 heteroatoms. The van der Waals surface area contributed by atoms with Gasteiger partial charge < -0.3 is 15.1 Å². The van der Waals surface area contributed by atoms with Crippen molar-refractivity contribution in [1.29, 1.82) is 0 Å². The summed E-state index contributed by atoms with van der Waals surface area (Å²) >= 11 is 11.5. The van der Waals surface area contributed by atoms with Crippen molar-refractivity contribution in [1.82, 2.24) is 4.90 Å². The number of thiocarbonyl (C=S) groups is 1. The SMILES string of the molecule is Cc1ccc(Cl)cc1NC(=S)N1CCN(c2cccc(C(F)(F)F)c2)CC1. The zero-order chi connectivity index (χ0) is 19.6. The summed E-state index contributed by atoms with van der Waals surface area (Å²) in [6.07, 6.45) is -4.34. The standard InChI is InChI=1S/C19H19ClF3N3S/c1-13-5-6-15(20)12-17(13)24-18(27)26-9-7-25(8-10-26)16-4-2-3-14(11-16)19(21,22)23/h2-6,11-12H,7-10H2,1H3,(H,24,27). The molecule has 3 nitrogen and oxygen atoms in total. The minimum Gasteiger partial charge on any atom is -0.368 e. The molecule has 3 rings (SSSR count). The highest BCUT2D eigenvalue weighted by molar-refractivity contribution is 7.80. The van der Waals surface area contributed by atoms with Gasteiger partial charge in [0.1, 0.15) is 0 Å². The lowest BCUT2D eigenvalue weighted by molar-refractivity contribution is -0.137. The van der Waals surface area contributed by atoms with Crippen molar-refractivity contribution in [2.45, 2.75) is 13.1 Å². The number of hydrogen-bond donors (Lipinski definition) is 1. The van der Waals surface area contributed by atoms with E-state index in [2.05, 4.69) is 5.32 Å². The predicted molar refractivity (Wildman–Crippen MR) is 108 cm³/mol. The fourth-order valence-electron chi connectivity index (χ4n) is 2.97. The van der Waals surface area contributed by atoms with Crippen molar-refractivity contribution in [3.05, 3.63) is 58.6 Å². The summed E-state index contributed by atoms with van der Waals surface area (Å²) in [5.41, 5.74) is 1.84. The van der Waals surface area contributed by atoms with Gasteiger partial charge in [-0.1, -0.05) is 23.7 Å².